The largest absolute Gasteiger partial charge is 0.393 e. The predicted molar refractivity (Wildman–Crippen MR) is 62.0 cm³/mol. The van der Waals surface area contributed by atoms with Crippen molar-refractivity contribution in [3.05, 3.63) is 0 Å². The first-order valence-corrected chi connectivity index (χ1v) is 6.22. The maximum absolute atomic E-state index is 9.45. The Morgan fingerprint density at radius 3 is 2.87 bits per heavy atom. The number of ether oxygens (including phenoxy) is 1. The fourth-order valence-corrected chi connectivity index (χ4v) is 2.00. The molecular weight excluding hydrogens is 190 g/mol. The third-order valence-electron chi connectivity index (χ3n) is 3.19. The molecule has 0 aromatic rings. The monoisotopic (exact) mass is 215 g/mol. The Balaban J connectivity index is 1.99. The highest BCUT2D eigenvalue weighted by atomic mass is 16.5. The van der Waals surface area contributed by atoms with Crippen LogP contribution >= 0.6 is 0 Å². The number of nitrogens with zero attached hydrogens (tertiary/aromatic N) is 1. The van der Waals surface area contributed by atoms with Crippen LogP contribution in [0.5, 0.6) is 0 Å². The normalized spacial score (nSPS) is 24.6. The Hall–Kier alpha value is -0.120. The molecule has 0 aromatic heterocycles. The van der Waals surface area contributed by atoms with Crippen LogP contribution in [0, 0.1) is 5.92 Å². The number of unbranched alkanes of at least 4 members (excludes halogenated alkanes) is 1. The minimum absolute atomic E-state index is 0.156. The molecule has 1 fully saturated rings. The van der Waals surface area contributed by atoms with Gasteiger partial charge < -0.3 is 14.7 Å². The summed E-state index contributed by atoms with van der Waals surface area (Å²) >= 11 is 0. The van der Waals surface area contributed by atoms with E-state index >= 15 is 0 Å². The maximum Gasteiger partial charge on any atom is 0.0593 e. The van der Waals surface area contributed by atoms with E-state index in [1.165, 1.54) is 6.42 Å². The van der Waals surface area contributed by atoms with Crippen LogP contribution in [0.3, 0.4) is 0 Å². The van der Waals surface area contributed by atoms with E-state index in [4.69, 9.17) is 4.74 Å². The molecule has 1 aliphatic rings. The standard InChI is InChI=1S/C12H25NO2/c1-3-4-8-15-9-7-13-6-5-12(10-13)11(2)14/h11-12,14H,3-10H2,1-2H3. The van der Waals surface area contributed by atoms with E-state index in [2.05, 4.69) is 11.8 Å². The van der Waals surface area contributed by atoms with Crippen LogP contribution in [-0.2, 0) is 4.74 Å². The molecule has 0 aromatic carbocycles. The molecule has 0 aliphatic carbocycles. The topological polar surface area (TPSA) is 32.7 Å². The van der Waals surface area contributed by atoms with Gasteiger partial charge in [-0.1, -0.05) is 13.3 Å². The summed E-state index contributed by atoms with van der Waals surface area (Å²) in [6.45, 7) is 8.98. The summed E-state index contributed by atoms with van der Waals surface area (Å²) in [7, 11) is 0. The zero-order valence-electron chi connectivity index (χ0n) is 10.1. The summed E-state index contributed by atoms with van der Waals surface area (Å²) in [5, 5.41) is 9.45. The molecule has 3 heteroatoms. The third-order valence-corrected chi connectivity index (χ3v) is 3.19. The van der Waals surface area contributed by atoms with Crippen molar-refractivity contribution in [2.24, 2.45) is 5.92 Å². The van der Waals surface area contributed by atoms with E-state index in [-0.39, 0.29) is 6.10 Å². The van der Waals surface area contributed by atoms with Crippen molar-refractivity contribution in [1.29, 1.82) is 0 Å². The fraction of sp³-hybridized carbons (Fsp3) is 1.00. The zero-order chi connectivity index (χ0) is 11.1. The van der Waals surface area contributed by atoms with Gasteiger partial charge in [0.25, 0.3) is 0 Å². The van der Waals surface area contributed by atoms with Gasteiger partial charge in [-0.2, -0.15) is 0 Å². The number of likely N-dealkylation sites (tertiary alicyclic amines) is 1. The SMILES string of the molecule is CCCCOCCN1CCC(C(C)O)C1. The van der Waals surface area contributed by atoms with Crippen molar-refractivity contribution in [3.63, 3.8) is 0 Å². The number of rotatable bonds is 7. The lowest BCUT2D eigenvalue weighted by atomic mass is 10.0. The van der Waals surface area contributed by atoms with Crippen LogP contribution in [0.1, 0.15) is 33.1 Å². The molecule has 0 bridgehead atoms. The van der Waals surface area contributed by atoms with Crippen molar-refractivity contribution < 1.29 is 9.84 Å². The Bertz CT molecular complexity index is 162. The lowest BCUT2D eigenvalue weighted by Gasteiger charge is -2.17. The highest BCUT2D eigenvalue weighted by Crippen LogP contribution is 2.18. The summed E-state index contributed by atoms with van der Waals surface area (Å²) in [4.78, 5) is 2.39. The van der Waals surface area contributed by atoms with Crippen LogP contribution < -0.4 is 0 Å². The van der Waals surface area contributed by atoms with Crippen molar-refractivity contribution in [1.82, 2.24) is 4.90 Å². The average molecular weight is 215 g/mol. The molecule has 0 saturated carbocycles. The number of hydrogen-bond donors (Lipinski definition) is 1. The molecule has 1 N–H and O–H groups in total. The van der Waals surface area contributed by atoms with Crippen molar-refractivity contribution in [3.8, 4) is 0 Å². The molecule has 1 aliphatic heterocycles. The van der Waals surface area contributed by atoms with Crippen LogP contribution in [0.15, 0.2) is 0 Å². The van der Waals surface area contributed by atoms with E-state index in [0.29, 0.717) is 5.92 Å². The Morgan fingerprint density at radius 1 is 1.47 bits per heavy atom. The molecule has 1 saturated heterocycles. The molecule has 0 amide bonds. The Kier molecular flexibility index (Phi) is 6.22. The molecule has 0 spiro atoms. The van der Waals surface area contributed by atoms with E-state index in [9.17, 15) is 5.11 Å². The van der Waals surface area contributed by atoms with Gasteiger partial charge in [0.05, 0.1) is 12.7 Å². The number of aliphatic hydroxyl groups is 1. The van der Waals surface area contributed by atoms with Crippen LogP contribution in [-0.4, -0.2) is 49.0 Å². The second-order valence-electron chi connectivity index (χ2n) is 4.56. The van der Waals surface area contributed by atoms with Gasteiger partial charge >= 0.3 is 0 Å². The van der Waals surface area contributed by atoms with Gasteiger partial charge in [-0.05, 0) is 32.2 Å². The Labute approximate surface area is 93.4 Å². The molecule has 2 atom stereocenters. The van der Waals surface area contributed by atoms with Crippen LogP contribution in [0.4, 0.5) is 0 Å². The van der Waals surface area contributed by atoms with Gasteiger partial charge in [0.15, 0.2) is 0 Å². The van der Waals surface area contributed by atoms with Gasteiger partial charge in [0.1, 0.15) is 0 Å². The summed E-state index contributed by atoms with van der Waals surface area (Å²) in [6.07, 6.45) is 3.34. The van der Waals surface area contributed by atoms with E-state index in [1.807, 2.05) is 6.92 Å². The first kappa shape index (κ1) is 12.9. The third kappa shape index (κ3) is 4.96. The van der Waals surface area contributed by atoms with E-state index < -0.39 is 0 Å². The van der Waals surface area contributed by atoms with Crippen molar-refractivity contribution in [2.75, 3.05) is 32.8 Å². The second kappa shape index (κ2) is 7.20. The van der Waals surface area contributed by atoms with Crippen LogP contribution in [0.2, 0.25) is 0 Å². The summed E-state index contributed by atoms with van der Waals surface area (Å²) in [6, 6.07) is 0. The molecule has 15 heavy (non-hydrogen) atoms. The first-order chi connectivity index (χ1) is 7.24. The molecule has 2 unspecified atom stereocenters. The fourth-order valence-electron chi connectivity index (χ4n) is 2.00. The molecule has 1 rings (SSSR count). The maximum atomic E-state index is 9.45. The quantitative estimate of drug-likeness (QED) is 0.653. The molecule has 3 nitrogen and oxygen atoms in total. The van der Waals surface area contributed by atoms with E-state index in [0.717, 1.165) is 45.7 Å². The zero-order valence-corrected chi connectivity index (χ0v) is 10.1. The molecule has 1 heterocycles. The smallest absolute Gasteiger partial charge is 0.0593 e. The number of aliphatic hydroxyl groups excluding tert-OH is 1. The van der Waals surface area contributed by atoms with Crippen LogP contribution in [0.25, 0.3) is 0 Å². The van der Waals surface area contributed by atoms with Gasteiger partial charge in [-0.15, -0.1) is 0 Å². The summed E-state index contributed by atoms with van der Waals surface area (Å²) in [5.74, 6) is 0.473. The highest BCUT2D eigenvalue weighted by Gasteiger charge is 2.25. The lowest BCUT2D eigenvalue weighted by molar-refractivity contribution is 0.0985. The highest BCUT2D eigenvalue weighted by molar-refractivity contribution is 4.78. The summed E-state index contributed by atoms with van der Waals surface area (Å²) < 4.78 is 5.53. The predicted octanol–water partition coefficient (Wildman–Crippen LogP) is 1.51. The first-order valence-electron chi connectivity index (χ1n) is 6.22. The molecule has 90 valence electrons. The molecule has 0 radical (unpaired) electrons. The van der Waals surface area contributed by atoms with Gasteiger partial charge in [0.2, 0.25) is 0 Å². The van der Waals surface area contributed by atoms with Crippen molar-refractivity contribution in [2.45, 2.75) is 39.2 Å². The number of hydrogen-bond acceptors (Lipinski definition) is 3. The second-order valence-corrected chi connectivity index (χ2v) is 4.56. The van der Waals surface area contributed by atoms with Gasteiger partial charge in [0, 0.05) is 19.7 Å². The molecular formula is C12H25NO2. The van der Waals surface area contributed by atoms with Gasteiger partial charge in [-0.25, -0.2) is 0 Å². The summed E-state index contributed by atoms with van der Waals surface area (Å²) in [5.41, 5.74) is 0. The average Bonchev–Trinajstić information content (AvgIpc) is 2.66. The van der Waals surface area contributed by atoms with Gasteiger partial charge in [-0.3, -0.25) is 0 Å². The van der Waals surface area contributed by atoms with Crippen molar-refractivity contribution >= 4 is 0 Å². The minimum Gasteiger partial charge on any atom is -0.393 e. The van der Waals surface area contributed by atoms with E-state index in [1.54, 1.807) is 0 Å². The minimum atomic E-state index is -0.156. The lowest BCUT2D eigenvalue weighted by Crippen LogP contribution is -2.27. The Morgan fingerprint density at radius 2 is 2.27 bits per heavy atom.